The van der Waals surface area contributed by atoms with Crippen molar-refractivity contribution in [2.75, 3.05) is 38.2 Å². The molecule has 1 atom stereocenters. The van der Waals surface area contributed by atoms with Gasteiger partial charge in [0.2, 0.25) is 0 Å². The van der Waals surface area contributed by atoms with E-state index in [1.807, 2.05) is 24.3 Å². The summed E-state index contributed by atoms with van der Waals surface area (Å²) in [6.07, 6.45) is 2.62. The number of hydrogen-bond acceptors (Lipinski definition) is 6. The summed E-state index contributed by atoms with van der Waals surface area (Å²) in [5, 5.41) is 4.43. The number of thiazole rings is 1. The first-order valence-corrected chi connectivity index (χ1v) is 11.1. The van der Waals surface area contributed by atoms with E-state index >= 15 is 0 Å². The van der Waals surface area contributed by atoms with Crippen LogP contribution < -0.4 is 15.0 Å². The number of fused-ring (bicyclic) bond motifs is 2. The molecule has 1 aromatic heterocycles. The number of ether oxygens (including phenoxy) is 1. The van der Waals surface area contributed by atoms with Gasteiger partial charge in [-0.2, -0.15) is 0 Å². The summed E-state index contributed by atoms with van der Waals surface area (Å²) in [5.41, 5.74) is 4.40. The van der Waals surface area contributed by atoms with Crippen LogP contribution in [-0.2, 0) is 6.42 Å². The Kier molecular flexibility index (Phi) is 4.97. The van der Waals surface area contributed by atoms with Gasteiger partial charge in [-0.05, 0) is 60.2 Å². The molecule has 1 fully saturated rings. The van der Waals surface area contributed by atoms with E-state index in [2.05, 4.69) is 22.3 Å². The van der Waals surface area contributed by atoms with Gasteiger partial charge >= 0.3 is 0 Å². The largest absolute Gasteiger partial charge is 0.497 e. The van der Waals surface area contributed by atoms with Gasteiger partial charge in [0.1, 0.15) is 5.75 Å². The topological polar surface area (TPSA) is 54.5 Å². The Morgan fingerprint density at radius 1 is 1.24 bits per heavy atom. The average molecular weight is 408 g/mol. The van der Waals surface area contributed by atoms with Gasteiger partial charge < -0.3 is 15.0 Å². The maximum Gasteiger partial charge on any atom is 0.186 e. The van der Waals surface area contributed by atoms with Crippen molar-refractivity contribution in [2.24, 2.45) is 0 Å². The number of hydrogen-bond donors (Lipinski definition) is 1. The van der Waals surface area contributed by atoms with Crippen molar-refractivity contribution in [3.8, 4) is 5.75 Å². The number of carbonyl (C=O) groups excluding carboxylic acids is 1. The molecule has 0 radical (unpaired) electrons. The highest BCUT2D eigenvalue weighted by molar-refractivity contribution is 7.22. The minimum absolute atomic E-state index is 0.213. The van der Waals surface area contributed by atoms with Crippen LogP contribution in [0.1, 0.15) is 40.2 Å². The molecule has 0 amide bonds. The molecule has 1 saturated heterocycles. The first-order chi connectivity index (χ1) is 14.2. The van der Waals surface area contributed by atoms with Gasteiger partial charge in [-0.25, -0.2) is 4.98 Å². The normalized spacial score (nSPS) is 18.8. The van der Waals surface area contributed by atoms with Crippen LogP contribution in [0.15, 0.2) is 36.4 Å². The Bertz CT molecular complexity index is 1060. The molecule has 5 rings (SSSR count). The standard InChI is InChI=1S/C23H25N3O2S/c1-28-18-6-4-15-2-3-16(19(15)14-18)12-21(27)17-5-7-20-22(13-17)29-23(25-20)26-10-8-24-9-11-26/h4-7,13-14,16,24H,2-3,8-12H2,1H3/t16-/m1/s1. The van der Waals surface area contributed by atoms with Gasteiger partial charge in [0.25, 0.3) is 0 Å². The number of carbonyl (C=O) groups is 1. The SMILES string of the molecule is COc1ccc2c(c1)[C@@H](CC(=O)c1ccc3nc(N4CCNCC4)sc3c1)CC2. The van der Waals surface area contributed by atoms with E-state index in [-0.39, 0.29) is 11.7 Å². The number of nitrogens with zero attached hydrogens (tertiary/aromatic N) is 2. The first-order valence-electron chi connectivity index (χ1n) is 10.3. The number of benzene rings is 2. The zero-order chi connectivity index (χ0) is 19.8. The quantitative estimate of drug-likeness (QED) is 0.648. The van der Waals surface area contributed by atoms with Crippen molar-refractivity contribution in [3.63, 3.8) is 0 Å². The smallest absolute Gasteiger partial charge is 0.186 e. The number of piperazine rings is 1. The Morgan fingerprint density at radius 2 is 2.10 bits per heavy atom. The van der Waals surface area contributed by atoms with Crippen LogP contribution in [-0.4, -0.2) is 44.1 Å². The number of aryl methyl sites for hydroxylation is 1. The summed E-state index contributed by atoms with van der Waals surface area (Å²) in [7, 11) is 1.69. The predicted octanol–water partition coefficient (Wildman–Crippen LogP) is 4.02. The second kappa shape index (κ2) is 7.76. The summed E-state index contributed by atoms with van der Waals surface area (Å²) in [4.78, 5) is 20.2. The third-order valence-electron chi connectivity index (χ3n) is 6.07. The summed E-state index contributed by atoms with van der Waals surface area (Å²) >= 11 is 1.69. The van der Waals surface area contributed by atoms with Crippen LogP contribution in [0, 0.1) is 0 Å². The molecule has 150 valence electrons. The highest BCUT2D eigenvalue weighted by Crippen LogP contribution is 2.38. The molecule has 0 bridgehead atoms. The lowest BCUT2D eigenvalue weighted by Crippen LogP contribution is -2.43. The number of anilines is 1. The van der Waals surface area contributed by atoms with Gasteiger partial charge in [-0.3, -0.25) is 4.79 Å². The highest BCUT2D eigenvalue weighted by atomic mass is 32.1. The van der Waals surface area contributed by atoms with Crippen molar-refractivity contribution >= 4 is 32.5 Å². The molecule has 1 N–H and O–H groups in total. The average Bonchev–Trinajstić information content (AvgIpc) is 3.37. The number of Topliss-reactive ketones (excluding diaryl/α,β-unsaturated/α-hetero) is 1. The molecule has 2 aromatic carbocycles. The van der Waals surface area contributed by atoms with Crippen LogP contribution >= 0.6 is 11.3 Å². The van der Waals surface area contributed by atoms with E-state index in [1.165, 1.54) is 11.1 Å². The molecule has 2 heterocycles. The summed E-state index contributed by atoms with van der Waals surface area (Å²) in [6.45, 7) is 3.95. The zero-order valence-electron chi connectivity index (χ0n) is 16.6. The molecule has 3 aromatic rings. The van der Waals surface area contributed by atoms with Gasteiger partial charge in [0.15, 0.2) is 10.9 Å². The lowest BCUT2D eigenvalue weighted by molar-refractivity contribution is 0.0973. The Morgan fingerprint density at radius 3 is 2.93 bits per heavy atom. The second-order valence-electron chi connectivity index (χ2n) is 7.84. The van der Waals surface area contributed by atoms with E-state index in [1.54, 1.807) is 18.4 Å². The fourth-order valence-corrected chi connectivity index (χ4v) is 5.48. The minimum Gasteiger partial charge on any atom is -0.497 e. The van der Waals surface area contributed by atoms with Crippen LogP contribution in [0.2, 0.25) is 0 Å². The van der Waals surface area contributed by atoms with Gasteiger partial charge in [0, 0.05) is 38.2 Å². The van der Waals surface area contributed by atoms with Crippen molar-refractivity contribution in [3.05, 3.63) is 53.1 Å². The van der Waals surface area contributed by atoms with Crippen LogP contribution in [0.3, 0.4) is 0 Å². The predicted molar refractivity (Wildman–Crippen MR) is 118 cm³/mol. The number of aromatic nitrogens is 1. The van der Waals surface area contributed by atoms with Crippen LogP contribution in [0.25, 0.3) is 10.2 Å². The van der Waals surface area contributed by atoms with Crippen LogP contribution in [0.4, 0.5) is 5.13 Å². The van der Waals surface area contributed by atoms with E-state index in [9.17, 15) is 4.79 Å². The summed E-state index contributed by atoms with van der Waals surface area (Å²) < 4.78 is 6.47. The Hall–Kier alpha value is -2.44. The van der Waals surface area contributed by atoms with Crippen molar-refractivity contribution < 1.29 is 9.53 Å². The second-order valence-corrected chi connectivity index (χ2v) is 8.85. The molecular weight excluding hydrogens is 382 g/mol. The van der Waals surface area contributed by atoms with Crippen molar-refractivity contribution in [1.29, 1.82) is 0 Å². The van der Waals surface area contributed by atoms with Gasteiger partial charge in [-0.1, -0.05) is 17.4 Å². The summed E-state index contributed by atoms with van der Waals surface area (Å²) in [5.74, 6) is 1.36. The minimum atomic E-state index is 0.213. The third-order valence-corrected chi connectivity index (χ3v) is 7.15. The number of rotatable bonds is 5. The van der Waals surface area contributed by atoms with E-state index in [0.717, 1.165) is 65.7 Å². The van der Waals surface area contributed by atoms with Crippen molar-refractivity contribution in [1.82, 2.24) is 10.3 Å². The fourth-order valence-electron chi connectivity index (χ4n) is 4.42. The Labute approximate surface area is 174 Å². The Balaban J connectivity index is 1.35. The molecule has 1 aliphatic heterocycles. The monoisotopic (exact) mass is 407 g/mol. The van der Waals surface area contributed by atoms with Gasteiger partial charge in [-0.15, -0.1) is 0 Å². The number of methoxy groups -OCH3 is 1. The molecule has 0 spiro atoms. The van der Waals surface area contributed by atoms with Gasteiger partial charge in [0.05, 0.1) is 17.3 Å². The lowest BCUT2D eigenvalue weighted by Gasteiger charge is -2.26. The van der Waals surface area contributed by atoms with E-state index < -0.39 is 0 Å². The molecular formula is C23H25N3O2S. The molecule has 0 unspecified atom stereocenters. The molecule has 6 heteroatoms. The highest BCUT2D eigenvalue weighted by Gasteiger charge is 2.26. The maximum atomic E-state index is 13.1. The third kappa shape index (κ3) is 3.63. The van der Waals surface area contributed by atoms with Crippen LogP contribution in [0.5, 0.6) is 5.75 Å². The lowest BCUT2D eigenvalue weighted by atomic mass is 9.93. The number of ketones is 1. The molecule has 29 heavy (non-hydrogen) atoms. The van der Waals surface area contributed by atoms with Crippen molar-refractivity contribution in [2.45, 2.75) is 25.2 Å². The van der Waals surface area contributed by atoms with E-state index in [4.69, 9.17) is 9.72 Å². The zero-order valence-corrected chi connectivity index (χ0v) is 17.4. The van der Waals surface area contributed by atoms with E-state index in [0.29, 0.717) is 6.42 Å². The first kappa shape index (κ1) is 18.6. The molecule has 5 nitrogen and oxygen atoms in total. The molecule has 1 aliphatic carbocycles. The maximum absolute atomic E-state index is 13.1. The fraction of sp³-hybridized carbons (Fsp3) is 0.391. The molecule has 2 aliphatic rings. The molecule has 0 saturated carbocycles. The summed E-state index contributed by atoms with van der Waals surface area (Å²) in [6, 6.07) is 12.2. The number of nitrogens with one attached hydrogen (secondary N) is 1.